The number of carbonyl (C=O) groups is 2. The second-order valence-corrected chi connectivity index (χ2v) is 6.80. The van der Waals surface area contributed by atoms with Gasteiger partial charge in [0.05, 0.1) is 11.0 Å². The maximum Gasteiger partial charge on any atom is 0.269 e. The van der Waals surface area contributed by atoms with Gasteiger partial charge in [0, 0.05) is 22.4 Å². The highest BCUT2D eigenvalue weighted by molar-refractivity contribution is 6.10. The van der Waals surface area contributed by atoms with E-state index in [-0.39, 0.29) is 11.7 Å². The van der Waals surface area contributed by atoms with Crippen LogP contribution in [0.25, 0.3) is 22.4 Å². The Hall–Kier alpha value is -3.71. The van der Waals surface area contributed by atoms with E-state index in [1.54, 1.807) is 24.3 Å². The molecule has 2 aromatic carbocycles. The minimum Gasteiger partial charge on any atom is -0.376 e. The highest BCUT2D eigenvalue weighted by Gasteiger charge is 2.20. The van der Waals surface area contributed by atoms with Gasteiger partial charge in [-0.1, -0.05) is 30.3 Å². The first kappa shape index (κ1) is 18.6. The zero-order valence-electron chi connectivity index (χ0n) is 16.0. The standard InChI is InChI=1S/C22H20N4O3/c1-12-18(13(2)24-19(12)22(29)23-11-27)21-25-16-9-8-15(10-17(16)26-21)20(28)14-6-4-3-5-7-14/h3-10,24,27H,11H2,1-2H3,(H,23,29)(H,25,26). The van der Waals surface area contributed by atoms with Gasteiger partial charge < -0.3 is 20.4 Å². The topological polar surface area (TPSA) is 111 Å². The zero-order chi connectivity index (χ0) is 20.5. The molecule has 0 atom stereocenters. The molecule has 4 rings (SSSR count). The van der Waals surface area contributed by atoms with E-state index in [9.17, 15) is 9.59 Å². The summed E-state index contributed by atoms with van der Waals surface area (Å²) in [6, 6.07) is 14.5. The summed E-state index contributed by atoms with van der Waals surface area (Å²) in [5.74, 6) is 0.166. The highest BCUT2D eigenvalue weighted by Crippen LogP contribution is 2.29. The van der Waals surface area contributed by atoms with E-state index in [1.165, 1.54) is 0 Å². The maximum absolute atomic E-state index is 12.7. The number of H-pyrrole nitrogens is 2. The first-order valence-electron chi connectivity index (χ1n) is 9.17. The van der Waals surface area contributed by atoms with Gasteiger partial charge in [-0.25, -0.2) is 4.98 Å². The van der Waals surface area contributed by atoms with Crippen molar-refractivity contribution < 1.29 is 14.7 Å². The molecule has 0 aliphatic heterocycles. The number of benzene rings is 2. The molecule has 0 unspecified atom stereocenters. The van der Waals surface area contributed by atoms with Gasteiger partial charge in [-0.3, -0.25) is 9.59 Å². The van der Waals surface area contributed by atoms with Gasteiger partial charge in [0.25, 0.3) is 5.91 Å². The number of nitrogens with one attached hydrogen (secondary N) is 3. The van der Waals surface area contributed by atoms with E-state index in [2.05, 4.69) is 20.3 Å². The number of aliphatic hydroxyl groups excluding tert-OH is 1. The lowest BCUT2D eigenvalue weighted by Gasteiger charge is -2.01. The van der Waals surface area contributed by atoms with E-state index in [0.29, 0.717) is 28.2 Å². The lowest BCUT2D eigenvalue weighted by molar-refractivity contribution is 0.0904. The Morgan fingerprint density at radius 2 is 1.79 bits per heavy atom. The Bertz CT molecular complexity index is 1220. The quantitative estimate of drug-likeness (QED) is 0.311. The summed E-state index contributed by atoms with van der Waals surface area (Å²) in [4.78, 5) is 35.8. The second kappa shape index (κ2) is 7.37. The van der Waals surface area contributed by atoms with Gasteiger partial charge >= 0.3 is 0 Å². The fourth-order valence-electron chi connectivity index (χ4n) is 3.51. The lowest BCUT2D eigenvalue weighted by atomic mass is 10.0. The van der Waals surface area contributed by atoms with Gasteiger partial charge in [-0.2, -0.15) is 0 Å². The molecule has 2 heterocycles. The van der Waals surface area contributed by atoms with Gasteiger partial charge in [-0.15, -0.1) is 0 Å². The van der Waals surface area contributed by atoms with Gasteiger partial charge in [0.15, 0.2) is 5.78 Å². The third kappa shape index (κ3) is 3.32. The number of aromatic nitrogens is 3. The van der Waals surface area contributed by atoms with Crippen LogP contribution in [0.1, 0.15) is 37.7 Å². The summed E-state index contributed by atoms with van der Waals surface area (Å²) in [5.41, 5.74) is 5.34. The fourth-order valence-corrected chi connectivity index (χ4v) is 3.51. The number of fused-ring (bicyclic) bond motifs is 1. The summed E-state index contributed by atoms with van der Waals surface area (Å²) >= 11 is 0. The molecule has 4 N–H and O–H groups in total. The Kier molecular flexibility index (Phi) is 4.74. The van der Waals surface area contributed by atoms with Crippen molar-refractivity contribution >= 4 is 22.7 Å². The van der Waals surface area contributed by atoms with Crippen LogP contribution in [0.2, 0.25) is 0 Å². The van der Waals surface area contributed by atoms with Crippen LogP contribution in [0, 0.1) is 13.8 Å². The minimum absolute atomic E-state index is 0.0611. The molecule has 0 spiro atoms. The Labute approximate surface area is 166 Å². The van der Waals surface area contributed by atoms with Crippen molar-refractivity contribution in [3.63, 3.8) is 0 Å². The van der Waals surface area contributed by atoms with Crippen molar-refractivity contribution in [2.24, 2.45) is 0 Å². The number of aryl methyl sites for hydroxylation is 1. The minimum atomic E-state index is -0.436. The molecule has 0 saturated carbocycles. The number of aromatic amines is 2. The molecule has 29 heavy (non-hydrogen) atoms. The van der Waals surface area contributed by atoms with E-state index in [0.717, 1.165) is 22.3 Å². The smallest absolute Gasteiger partial charge is 0.269 e. The number of amides is 1. The lowest BCUT2D eigenvalue weighted by Crippen LogP contribution is -2.25. The van der Waals surface area contributed by atoms with Crippen LogP contribution in [0.5, 0.6) is 0 Å². The predicted molar refractivity (Wildman–Crippen MR) is 110 cm³/mol. The Morgan fingerprint density at radius 1 is 1.03 bits per heavy atom. The molecule has 7 heteroatoms. The predicted octanol–water partition coefficient (Wildman–Crippen LogP) is 3.09. The van der Waals surface area contributed by atoms with Crippen molar-refractivity contribution in [2.75, 3.05) is 6.73 Å². The van der Waals surface area contributed by atoms with Crippen molar-refractivity contribution in [1.29, 1.82) is 0 Å². The number of imidazole rings is 1. The van der Waals surface area contributed by atoms with Crippen LogP contribution in [0.15, 0.2) is 48.5 Å². The van der Waals surface area contributed by atoms with E-state index >= 15 is 0 Å². The van der Waals surface area contributed by atoms with E-state index in [1.807, 2.05) is 38.1 Å². The molecule has 0 radical (unpaired) electrons. The highest BCUT2D eigenvalue weighted by atomic mass is 16.3. The van der Waals surface area contributed by atoms with Crippen molar-refractivity contribution in [2.45, 2.75) is 13.8 Å². The average molecular weight is 388 g/mol. The van der Waals surface area contributed by atoms with Crippen LogP contribution >= 0.6 is 0 Å². The molecule has 7 nitrogen and oxygen atoms in total. The van der Waals surface area contributed by atoms with E-state index < -0.39 is 6.73 Å². The first-order chi connectivity index (χ1) is 14.0. The summed E-state index contributed by atoms with van der Waals surface area (Å²) in [5, 5.41) is 11.3. The molecule has 0 aliphatic rings. The monoisotopic (exact) mass is 388 g/mol. The van der Waals surface area contributed by atoms with Crippen molar-refractivity contribution in [3.8, 4) is 11.4 Å². The molecule has 0 fully saturated rings. The van der Waals surface area contributed by atoms with Crippen LogP contribution in [0.3, 0.4) is 0 Å². The third-order valence-electron chi connectivity index (χ3n) is 4.92. The van der Waals surface area contributed by atoms with Gasteiger partial charge in [-0.05, 0) is 37.6 Å². The summed E-state index contributed by atoms with van der Waals surface area (Å²) in [7, 11) is 0. The second-order valence-electron chi connectivity index (χ2n) is 6.80. The van der Waals surface area contributed by atoms with Gasteiger partial charge in [0.2, 0.25) is 0 Å². The van der Waals surface area contributed by atoms with Crippen LogP contribution in [-0.2, 0) is 0 Å². The fraction of sp³-hybridized carbons (Fsp3) is 0.136. The summed E-state index contributed by atoms with van der Waals surface area (Å²) < 4.78 is 0. The first-order valence-corrected chi connectivity index (χ1v) is 9.17. The van der Waals surface area contributed by atoms with Crippen LogP contribution in [0.4, 0.5) is 0 Å². The molecule has 0 saturated heterocycles. The molecule has 146 valence electrons. The number of ketones is 1. The molecule has 2 aromatic heterocycles. The Morgan fingerprint density at radius 3 is 2.52 bits per heavy atom. The van der Waals surface area contributed by atoms with Crippen LogP contribution in [-0.4, -0.2) is 38.5 Å². The molecular formula is C22H20N4O3. The number of hydrogen-bond donors (Lipinski definition) is 4. The largest absolute Gasteiger partial charge is 0.376 e. The summed E-state index contributed by atoms with van der Waals surface area (Å²) in [6.07, 6.45) is 0. The van der Waals surface area contributed by atoms with Gasteiger partial charge in [0.1, 0.15) is 18.2 Å². The number of carbonyl (C=O) groups excluding carboxylic acids is 2. The summed E-state index contributed by atoms with van der Waals surface area (Å²) in [6.45, 7) is 3.24. The van der Waals surface area contributed by atoms with E-state index in [4.69, 9.17) is 5.11 Å². The maximum atomic E-state index is 12.7. The number of hydrogen-bond acceptors (Lipinski definition) is 4. The number of nitrogens with zero attached hydrogens (tertiary/aromatic N) is 1. The average Bonchev–Trinajstić information content (AvgIpc) is 3.27. The molecular weight excluding hydrogens is 368 g/mol. The molecule has 0 aliphatic carbocycles. The molecule has 4 aromatic rings. The Balaban J connectivity index is 1.74. The van der Waals surface area contributed by atoms with Crippen molar-refractivity contribution in [3.05, 3.63) is 76.6 Å². The number of rotatable bonds is 5. The van der Waals surface area contributed by atoms with Crippen molar-refractivity contribution in [1.82, 2.24) is 20.3 Å². The number of aliphatic hydroxyl groups is 1. The normalized spacial score (nSPS) is 11.0. The third-order valence-corrected chi connectivity index (χ3v) is 4.92. The van der Waals surface area contributed by atoms with Crippen LogP contribution < -0.4 is 5.32 Å². The molecule has 0 bridgehead atoms. The molecule has 1 amide bonds. The zero-order valence-corrected chi connectivity index (χ0v) is 16.0. The SMILES string of the molecule is Cc1[nH]c(C(=O)NCO)c(C)c1-c1nc2cc(C(=O)c3ccccc3)ccc2[nH]1.